The van der Waals surface area contributed by atoms with Crippen LogP contribution < -0.4 is 0 Å². The minimum Gasteiger partial charge on any atom is -0.399 e. The molecule has 4 nitrogen and oxygen atoms in total. The molecule has 4 fully saturated rings. The molecule has 0 aromatic rings. The monoisotopic (exact) mass is 374 g/mol. The standard InChI is InChI=1S/C23H38N2O2/c1-15(24-26-4)19-8-9-20-18-7-6-16-14-17(25-27-5)10-12-22(16,2)21(18)11-13-23(19,20)3/h16,18-21H,6-14H2,1-5H3/t16-,18+,19-,20+,21+,22+,23-/m1/s1. The lowest BCUT2D eigenvalue weighted by atomic mass is 9.44. The summed E-state index contributed by atoms with van der Waals surface area (Å²) >= 11 is 0. The number of fused-ring (bicyclic) bond motifs is 5. The van der Waals surface area contributed by atoms with Crippen LogP contribution in [0.3, 0.4) is 0 Å². The van der Waals surface area contributed by atoms with E-state index in [0.29, 0.717) is 16.7 Å². The Kier molecular flexibility index (Phi) is 5.05. The molecule has 4 aliphatic carbocycles. The Bertz CT molecular complexity index is 630. The zero-order valence-electron chi connectivity index (χ0n) is 18.0. The summed E-state index contributed by atoms with van der Waals surface area (Å²) in [5.74, 6) is 4.10. The van der Waals surface area contributed by atoms with Crippen LogP contribution in [0.1, 0.15) is 78.6 Å². The van der Waals surface area contributed by atoms with Crippen molar-refractivity contribution >= 4 is 11.4 Å². The summed E-state index contributed by atoms with van der Waals surface area (Å²) in [4.78, 5) is 10.2. The molecule has 0 bridgehead atoms. The van der Waals surface area contributed by atoms with Crippen LogP contribution in [0.2, 0.25) is 0 Å². The van der Waals surface area contributed by atoms with Crippen LogP contribution in [-0.4, -0.2) is 25.6 Å². The van der Waals surface area contributed by atoms with Crippen molar-refractivity contribution in [2.75, 3.05) is 14.2 Å². The molecular weight excluding hydrogens is 336 g/mol. The highest BCUT2D eigenvalue weighted by molar-refractivity contribution is 5.85. The lowest BCUT2D eigenvalue weighted by molar-refractivity contribution is -0.0963. The van der Waals surface area contributed by atoms with E-state index in [1.165, 1.54) is 56.4 Å². The van der Waals surface area contributed by atoms with E-state index in [-0.39, 0.29) is 0 Å². The molecule has 0 heterocycles. The first-order valence-electron chi connectivity index (χ1n) is 11.1. The lowest BCUT2D eigenvalue weighted by Crippen LogP contribution is -2.53. The van der Waals surface area contributed by atoms with E-state index in [1.54, 1.807) is 14.2 Å². The van der Waals surface area contributed by atoms with Crippen LogP contribution in [0, 0.1) is 40.4 Å². The SMILES string of the molecule is CON=C1CC[C@@]2(C)[C@H](CC[C@@H]3[C@@H]2CC[C@]2(C)[C@@H](C(C)=NOC)CC[C@@H]32)C1. The van der Waals surface area contributed by atoms with Crippen molar-refractivity contribution < 1.29 is 9.68 Å². The molecule has 0 spiro atoms. The number of hydrogen-bond donors (Lipinski definition) is 0. The molecule has 4 rings (SSSR count). The van der Waals surface area contributed by atoms with Gasteiger partial charge in [-0.1, -0.05) is 24.2 Å². The van der Waals surface area contributed by atoms with Gasteiger partial charge in [0.25, 0.3) is 0 Å². The third kappa shape index (κ3) is 2.93. The second kappa shape index (κ2) is 7.08. The molecule has 0 unspecified atom stereocenters. The normalized spacial score (nSPS) is 48.6. The number of rotatable bonds is 3. The van der Waals surface area contributed by atoms with Crippen LogP contribution in [0.15, 0.2) is 10.3 Å². The van der Waals surface area contributed by atoms with Gasteiger partial charge in [0, 0.05) is 5.92 Å². The molecule has 0 aromatic heterocycles. The summed E-state index contributed by atoms with van der Waals surface area (Å²) < 4.78 is 0. The van der Waals surface area contributed by atoms with Gasteiger partial charge in [0.1, 0.15) is 14.2 Å². The lowest BCUT2D eigenvalue weighted by Gasteiger charge is -2.60. The molecule has 0 aliphatic heterocycles. The van der Waals surface area contributed by atoms with Crippen molar-refractivity contribution in [3.63, 3.8) is 0 Å². The first-order valence-corrected chi connectivity index (χ1v) is 11.1. The van der Waals surface area contributed by atoms with Crippen LogP contribution in [-0.2, 0) is 9.68 Å². The summed E-state index contributed by atoms with van der Waals surface area (Å²) in [6.07, 6.45) is 11.8. The fourth-order valence-corrected chi connectivity index (χ4v) is 8.17. The maximum absolute atomic E-state index is 5.13. The highest BCUT2D eigenvalue weighted by Crippen LogP contribution is 2.67. The van der Waals surface area contributed by atoms with Gasteiger partial charge in [0.2, 0.25) is 0 Å². The van der Waals surface area contributed by atoms with Gasteiger partial charge in [-0.05, 0) is 99.2 Å². The Hall–Kier alpha value is -1.06. The van der Waals surface area contributed by atoms with Gasteiger partial charge in [0.05, 0.1) is 11.4 Å². The van der Waals surface area contributed by atoms with Crippen molar-refractivity contribution in [3.05, 3.63) is 0 Å². The number of hydrogen-bond acceptors (Lipinski definition) is 4. The van der Waals surface area contributed by atoms with Crippen LogP contribution >= 0.6 is 0 Å². The average molecular weight is 375 g/mol. The Morgan fingerprint density at radius 2 is 1.70 bits per heavy atom. The Morgan fingerprint density at radius 3 is 2.44 bits per heavy atom. The molecule has 27 heavy (non-hydrogen) atoms. The van der Waals surface area contributed by atoms with Crippen LogP contribution in [0.5, 0.6) is 0 Å². The first kappa shape index (κ1) is 19.3. The molecule has 0 saturated heterocycles. The highest BCUT2D eigenvalue weighted by atomic mass is 16.6. The van der Waals surface area contributed by atoms with Crippen molar-refractivity contribution in [2.45, 2.75) is 78.6 Å². The zero-order valence-corrected chi connectivity index (χ0v) is 18.0. The van der Waals surface area contributed by atoms with Gasteiger partial charge in [-0.25, -0.2) is 0 Å². The van der Waals surface area contributed by atoms with Crippen molar-refractivity contribution in [1.82, 2.24) is 0 Å². The third-order valence-corrected chi connectivity index (χ3v) is 9.46. The smallest absolute Gasteiger partial charge is 0.106 e. The van der Waals surface area contributed by atoms with E-state index in [0.717, 1.165) is 36.5 Å². The summed E-state index contributed by atoms with van der Waals surface area (Å²) in [6, 6.07) is 0. The van der Waals surface area contributed by atoms with E-state index < -0.39 is 0 Å². The molecule has 7 atom stereocenters. The minimum absolute atomic E-state index is 0.424. The van der Waals surface area contributed by atoms with Gasteiger partial charge in [0.15, 0.2) is 0 Å². The zero-order chi connectivity index (χ0) is 19.2. The van der Waals surface area contributed by atoms with Crippen molar-refractivity contribution in [2.24, 2.45) is 50.7 Å². The molecule has 4 aliphatic rings. The molecular formula is C23H38N2O2. The highest BCUT2D eigenvalue weighted by Gasteiger charge is 2.60. The summed E-state index contributed by atoms with van der Waals surface area (Å²) in [7, 11) is 3.37. The number of nitrogens with zero attached hydrogens (tertiary/aromatic N) is 2. The van der Waals surface area contributed by atoms with Crippen LogP contribution in [0.25, 0.3) is 0 Å². The molecule has 0 aromatic carbocycles. The van der Waals surface area contributed by atoms with E-state index in [1.807, 2.05) is 0 Å². The fourth-order valence-electron chi connectivity index (χ4n) is 8.17. The fraction of sp³-hybridized carbons (Fsp3) is 0.913. The van der Waals surface area contributed by atoms with Crippen molar-refractivity contribution in [1.29, 1.82) is 0 Å². The predicted molar refractivity (Wildman–Crippen MR) is 110 cm³/mol. The van der Waals surface area contributed by atoms with Gasteiger partial charge in [-0.2, -0.15) is 0 Å². The van der Waals surface area contributed by atoms with Gasteiger partial charge >= 0.3 is 0 Å². The first-order chi connectivity index (χ1) is 12.9. The van der Waals surface area contributed by atoms with Gasteiger partial charge in [-0.3, -0.25) is 0 Å². The van der Waals surface area contributed by atoms with Crippen LogP contribution in [0.4, 0.5) is 0 Å². The van der Waals surface area contributed by atoms with Gasteiger partial charge < -0.3 is 9.68 Å². The molecule has 4 heteroatoms. The minimum atomic E-state index is 0.424. The second-order valence-corrected chi connectivity index (χ2v) is 10.3. The molecule has 0 radical (unpaired) electrons. The Balaban J connectivity index is 1.56. The predicted octanol–water partition coefficient (Wildman–Crippen LogP) is 5.67. The topological polar surface area (TPSA) is 43.2 Å². The summed E-state index contributed by atoms with van der Waals surface area (Å²) in [5, 5.41) is 8.66. The third-order valence-electron chi connectivity index (χ3n) is 9.46. The molecule has 4 saturated carbocycles. The van der Waals surface area contributed by atoms with E-state index in [9.17, 15) is 0 Å². The molecule has 152 valence electrons. The van der Waals surface area contributed by atoms with Crippen molar-refractivity contribution in [3.8, 4) is 0 Å². The van der Waals surface area contributed by atoms with E-state index in [4.69, 9.17) is 9.68 Å². The summed E-state index contributed by atoms with van der Waals surface area (Å²) in [5.41, 5.74) is 3.45. The Morgan fingerprint density at radius 1 is 0.926 bits per heavy atom. The summed E-state index contributed by atoms with van der Waals surface area (Å²) in [6.45, 7) is 7.37. The van der Waals surface area contributed by atoms with E-state index in [2.05, 4.69) is 31.1 Å². The van der Waals surface area contributed by atoms with Gasteiger partial charge in [-0.15, -0.1) is 0 Å². The Labute approximate surface area is 165 Å². The second-order valence-electron chi connectivity index (χ2n) is 10.3. The number of oxime groups is 2. The molecule has 0 amide bonds. The maximum Gasteiger partial charge on any atom is 0.106 e. The largest absolute Gasteiger partial charge is 0.399 e. The molecule has 0 N–H and O–H groups in total. The quantitative estimate of drug-likeness (QED) is 0.472. The average Bonchev–Trinajstić information content (AvgIpc) is 3.00. The van der Waals surface area contributed by atoms with E-state index >= 15 is 0 Å². The maximum atomic E-state index is 5.13.